The van der Waals surface area contributed by atoms with Gasteiger partial charge in [0.1, 0.15) is 5.82 Å². The summed E-state index contributed by atoms with van der Waals surface area (Å²) in [4.78, 5) is 15.1. The molecule has 7 aromatic carbocycles. The van der Waals surface area contributed by atoms with Gasteiger partial charge in [0.25, 0.3) is 0 Å². The third kappa shape index (κ3) is 6.27. The van der Waals surface area contributed by atoms with Crippen LogP contribution in [0.1, 0.15) is 0 Å². The number of hydrogen-bond donors (Lipinski definition) is 1. The van der Waals surface area contributed by atoms with Crippen LogP contribution in [0, 0.1) is 0 Å². The highest BCUT2D eigenvalue weighted by Crippen LogP contribution is 2.38. The van der Waals surface area contributed by atoms with E-state index in [1.165, 1.54) is 10.8 Å². The van der Waals surface area contributed by atoms with Crippen LogP contribution in [0.15, 0.2) is 206 Å². The van der Waals surface area contributed by atoms with Gasteiger partial charge in [-0.15, -0.1) is 0 Å². The first-order valence-electron chi connectivity index (χ1n) is 18.8. The van der Waals surface area contributed by atoms with Gasteiger partial charge < -0.3 is 5.32 Å². The third-order valence-corrected chi connectivity index (χ3v) is 10.3. The first-order valence-corrected chi connectivity index (χ1v) is 18.8. The number of aromatic nitrogens is 4. The third-order valence-electron chi connectivity index (χ3n) is 10.3. The number of nitrogens with one attached hydrogen (secondary N) is 1. The quantitative estimate of drug-likeness (QED) is 0.170. The van der Waals surface area contributed by atoms with Gasteiger partial charge >= 0.3 is 0 Å². The Morgan fingerprint density at radius 1 is 0.393 bits per heavy atom. The molecule has 0 radical (unpaired) electrons. The summed E-state index contributed by atoms with van der Waals surface area (Å²) >= 11 is 0. The molecule has 0 aliphatic carbocycles. The van der Waals surface area contributed by atoms with Crippen molar-refractivity contribution in [3.05, 3.63) is 206 Å². The van der Waals surface area contributed by atoms with Gasteiger partial charge in [0, 0.05) is 50.6 Å². The van der Waals surface area contributed by atoms with Crippen LogP contribution >= 0.6 is 0 Å². The zero-order valence-electron chi connectivity index (χ0n) is 30.4. The molecule has 0 amide bonds. The monoisotopic (exact) mass is 717 g/mol. The van der Waals surface area contributed by atoms with Crippen LogP contribution in [0.5, 0.6) is 0 Å². The van der Waals surface area contributed by atoms with E-state index in [9.17, 15) is 0 Å². The molecule has 10 aromatic rings. The van der Waals surface area contributed by atoms with Crippen molar-refractivity contribution in [1.82, 2.24) is 19.5 Å². The summed E-state index contributed by atoms with van der Waals surface area (Å²) in [6, 6.07) is 69.6. The van der Waals surface area contributed by atoms with Gasteiger partial charge in [-0.05, 0) is 77.4 Å². The average Bonchev–Trinajstić information content (AvgIpc) is 3.61. The maximum Gasteiger partial charge on any atom is 0.161 e. The molecule has 3 aromatic heterocycles. The molecule has 56 heavy (non-hydrogen) atoms. The van der Waals surface area contributed by atoms with Crippen molar-refractivity contribution in [3.8, 4) is 62.0 Å². The van der Waals surface area contributed by atoms with Crippen molar-refractivity contribution in [2.24, 2.45) is 0 Å². The smallest absolute Gasteiger partial charge is 0.161 e. The molecule has 0 bridgehead atoms. The molecule has 0 unspecified atom stereocenters. The number of pyridine rings is 1. The molecule has 264 valence electrons. The van der Waals surface area contributed by atoms with Gasteiger partial charge in [-0.25, -0.2) is 15.0 Å². The molecule has 0 atom stereocenters. The molecule has 0 fully saturated rings. The van der Waals surface area contributed by atoms with Crippen molar-refractivity contribution >= 4 is 33.2 Å². The summed E-state index contributed by atoms with van der Waals surface area (Å²) in [7, 11) is 0. The van der Waals surface area contributed by atoms with E-state index < -0.39 is 0 Å². The number of para-hydroxylation sites is 2. The van der Waals surface area contributed by atoms with Gasteiger partial charge in [-0.1, -0.05) is 140 Å². The Morgan fingerprint density at radius 3 is 1.61 bits per heavy atom. The zero-order chi connectivity index (χ0) is 37.3. The molecule has 5 nitrogen and oxygen atoms in total. The van der Waals surface area contributed by atoms with Gasteiger partial charge in [0.05, 0.1) is 22.4 Å². The topological polar surface area (TPSA) is 55.6 Å². The van der Waals surface area contributed by atoms with Crippen molar-refractivity contribution < 1.29 is 0 Å². The van der Waals surface area contributed by atoms with Crippen LogP contribution in [0.2, 0.25) is 0 Å². The Morgan fingerprint density at radius 2 is 0.946 bits per heavy atom. The van der Waals surface area contributed by atoms with Crippen LogP contribution in [-0.2, 0) is 0 Å². The number of rotatable bonds is 8. The number of hydrogen-bond acceptors (Lipinski definition) is 4. The first kappa shape index (κ1) is 33.0. The molecule has 5 heteroatoms. The van der Waals surface area contributed by atoms with E-state index in [0.29, 0.717) is 5.82 Å². The van der Waals surface area contributed by atoms with Crippen molar-refractivity contribution in [3.63, 3.8) is 0 Å². The van der Waals surface area contributed by atoms with Crippen LogP contribution in [0.4, 0.5) is 11.4 Å². The summed E-state index contributed by atoms with van der Waals surface area (Å²) in [6.07, 6.45) is 1.89. The van der Waals surface area contributed by atoms with E-state index in [1.54, 1.807) is 0 Å². The molecule has 0 saturated heterocycles. The Hall–Kier alpha value is -7.63. The van der Waals surface area contributed by atoms with Gasteiger partial charge in [0.15, 0.2) is 5.82 Å². The lowest BCUT2D eigenvalue weighted by Gasteiger charge is -2.15. The van der Waals surface area contributed by atoms with E-state index in [0.717, 1.165) is 78.6 Å². The number of benzene rings is 7. The van der Waals surface area contributed by atoms with Crippen molar-refractivity contribution in [1.29, 1.82) is 0 Å². The second kappa shape index (κ2) is 14.3. The lowest BCUT2D eigenvalue weighted by Crippen LogP contribution is -1.99. The van der Waals surface area contributed by atoms with Gasteiger partial charge in [-0.3, -0.25) is 4.57 Å². The van der Waals surface area contributed by atoms with E-state index in [1.807, 2.05) is 48.7 Å². The second-order valence-electron chi connectivity index (χ2n) is 13.8. The van der Waals surface area contributed by atoms with Crippen LogP contribution < -0.4 is 5.32 Å². The van der Waals surface area contributed by atoms with Crippen LogP contribution in [0.3, 0.4) is 0 Å². The number of anilines is 2. The fourth-order valence-corrected chi connectivity index (χ4v) is 7.51. The maximum absolute atomic E-state index is 5.05. The Labute approximate surface area is 325 Å². The van der Waals surface area contributed by atoms with Crippen molar-refractivity contribution in [2.75, 3.05) is 5.32 Å². The van der Waals surface area contributed by atoms with E-state index in [4.69, 9.17) is 15.0 Å². The Kier molecular flexibility index (Phi) is 8.43. The average molecular weight is 718 g/mol. The summed E-state index contributed by atoms with van der Waals surface area (Å²) in [5, 5.41) is 5.98. The Bertz CT molecular complexity index is 2900. The number of nitrogens with zero attached hydrogens (tertiary/aromatic N) is 4. The minimum atomic E-state index is 0.635. The fraction of sp³-hybridized carbons (Fsp3) is 0. The lowest BCUT2D eigenvalue weighted by atomic mass is 9.96. The molecule has 0 saturated carbocycles. The highest BCUT2D eigenvalue weighted by Gasteiger charge is 2.17. The predicted octanol–water partition coefficient (Wildman–Crippen LogP) is 13.0. The van der Waals surface area contributed by atoms with E-state index in [-0.39, 0.29) is 0 Å². The lowest BCUT2D eigenvalue weighted by molar-refractivity contribution is 1.07. The molecule has 3 heterocycles. The first-order chi connectivity index (χ1) is 27.7. The van der Waals surface area contributed by atoms with Gasteiger partial charge in [0.2, 0.25) is 0 Å². The predicted molar refractivity (Wildman–Crippen MR) is 231 cm³/mol. The SMILES string of the molecule is c1ccc(Nc2ccc(-c3ccc4c(c3)c3ccccc3n4-c3ccc(-c4nc(-c5ccccc5)cc(-c5ccccc5)n4)cn3)cc2-c2ccccc2)cc1. The molecule has 10 rings (SSSR count). The molecule has 0 spiro atoms. The normalized spacial score (nSPS) is 11.2. The molecule has 0 aliphatic heterocycles. The summed E-state index contributed by atoms with van der Waals surface area (Å²) < 4.78 is 2.25. The largest absolute Gasteiger partial charge is 0.355 e. The molecule has 0 aliphatic rings. The summed E-state index contributed by atoms with van der Waals surface area (Å²) in [5.41, 5.74) is 13.6. The fourth-order valence-electron chi connectivity index (χ4n) is 7.51. The maximum atomic E-state index is 5.05. The minimum absolute atomic E-state index is 0.635. The van der Waals surface area contributed by atoms with Gasteiger partial charge in [-0.2, -0.15) is 0 Å². The second-order valence-corrected chi connectivity index (χ2v) is 13.8. The number of fused-ring (bicyclic) bond motifs is 3. The standard InChI is InChI=1S/C51H35N5/c1-5-15-35(16-6-1)43-31-38(25-28-45(43)53-41-21-11-4-12-22-41)39-26-29-49-44(32-39)42-23-13-14-24-48(42)56(49)50-30-27-40(34-52-50)51-54-46(36-17-7-2-8-18-36)33-47(55-51)37-19-9-3-10-20-37/h1-34,53H. The summed E-state index contributed by atoms with van der Waals surface area (Å²) in [5.74, 6) is 1.47. The molecular weight excluding hydrogens is 683 g/mol. The van der Waals surface area contributed by atoms with E-state index >= 15 is 0 Å². The highest BCUT2D eigenvalue weighted by atomic mass is 15.1. The van der Waals surface area contributed by atoms with E-state index in [2.05, 4.69) is 168 Å². The van der Waals surface area contributed by atoms with Crippen LogP contribution in [0.25, 0.3) is 83.8 Å². The van der Waals surface area contributed by atoms with Crippen molar-refractivity contribution in [2.45, 2.75) is 0 Å². The van der Waals surface area contributed by atoms with Crippen LogP contribution in [-0.4, -0.2) is 19.5 Å². The molecular formula is C51H35N5. The highest BCUT2D eigenvalue weighted by molar-refractivity contribution is 6.10. The molecule has 1 N–H and O–H groups in total. The summed E-state index contributed by atoms with van der Waals surface area (Å²) in [6.45, 7) is 0. The Balaban J connectivity index is 1.05. The zero-order valence-corrected chi connectivity index (χ0v) is 30.4. The minimum Gasteiger partial charge on any atom is -0.355 e.